The van der Waals surface area contributed by atoms with E-state index in [2.05, 4.69) is 62.3 Å². The van der Waals surface area contributed by atoms with Crippen LogP contribution in [0.4, 0.5) is 0 Å². The zero-order valence-electron chi connectivity index (χ0n) is 31.2. The van der Waals surface area contributed by atoms with Crippen LogP contribution in [0.2, 0.25) is 0 Å². The van der Waals surface area contributed by atoms with Gasteiger partial charge in [-0.1, -0.05) is 125 Å². The standard InChI is InChI=1S/C41H64O6/c1-29-25-30(26-32(37(29)44)39(2,3)4)19-21-35(42)46-23-17-15-13-11-12-14-16-18-24-47-36(43)22-20-31-27-33(40(5,6)7)38(45)34(28-31)41(8,9)10/h25-28,44-45H,11-24H2,1-10H3. The number of ether oxygens (including phenoxy) is 2. The fourth-order valence-electron chi connectivity index (χ4n) is 5.83. The first-order chi connectivity index (χ1) is 21.8. The number of hydrogen-bond donors (Lipinski definition) is 2. The van der Waals surface area contributed by atoms with Crippen molar-refractivity contribution in [2.24, 2.45) is 0 Å². The molecule has 0 atom stereocenters. The van der Waals surface area contributed by atoms with Crippen molar-refractivity contribution < 1.29 is 29.3 Å². The monoisotopic (exact) mass is 652 g/mol. The van der Waals surface area contributed by atoms with Crippen LogP contribution in [-0.2, 0) is 48.1 Å². The third-order valence-electron chi connectivity index (χ3n) is 8.75. The molecule has 6 heteroatoms. The van der Waals surface area contributed by atoms with Crippen LogP contribution in [0, 0.1) is 6.92 Å². The fourth-order valence-corrected chi connectivity index (χ4v) is 5.83. The van der Waals surface area contributed by atoms with Crippen LogP contribution in [0.5, 0.6) is 11.5 Å². The zero-order chi connectivity index (χ0) is 35.4. The van der Waals surface area contributed by atoms with Gasteiger partial charge in [0, 0.05) is 12.8 Å². The quantitative estimate of drug-likeness (QED) is 0.130. The van der Waals surface area contributed by atoms with E-state index in [0.29, 0.717) is 50.4 Å². The Hall–Kier alpha value is -3.02. The van der Waals surface area contributed by atoms with Crippen molar-refractivity contribution in [2.75, 3.05) is 13.2 Å². The molecule has 2 rings (SSSR count). The minimum atomic E-state index is -0.192. The molecule has 2 aromatic carbocycles. The molecule has 0 spiro atoms. The molecule has 2 N–H and O–H groups in total. The van der Waals surface area contributed by atoms with Crippen LogP contribution >= 0.6 is 0 Å². The molecule has 0 unspecified atom stereocenters. The Kier molecular flexibility index (Phi) is 15.3. The van der Waals surface area contributed by atoms with Crippen molar-refractivity contribution in [1.82, 2.24) is 0 Å². The van der Waals surface area contributed by atoms with Crippen LogP contribution in [-0.4, -0.2) is 35.4 Å². The van der Waals surface area contributed by atoms with Gasteiger partial charge >= 0.3 is 11.9 Å². The summed E-state index contributed by atoms with van der Waals surface area (Å²) in [7, 11) is 0. The fraction of sp³-hybridized carbons (Fsp3) is 0.659. The van der Waals surface area contributed by atoms with Crippen LogP contribution in [0.25, 0.3) is 0 Å². The van der Waals surface area contributed by atoms with Crippen molar-refractivity contribution in [2.45, 2.75) is 163 Å². The van der Waals surface area contributed by atoms with Gasteiger partial charge < -0.3 is 19.7 Å². The molecule has 6 nitrogen and oxygen atoms in total. The van der Waals surface area contributed by atoms with E-state index in [1.807, 2.05) is 31.2 Å². The minimum Gasteiger partial charge on any atom is -0.507 e. The average Bonchev–Trinajstić information content (AvgIpc) is 2.95. The number of phenolic OH excluding ortho intramolecular Hbond substituents is 2. The summed E-state index contributed by atoms with van der Waals surface area (Å²) in [6.45, 7) is 21.6. The van der Waals surface area contributed by atoms with E-state index in [1.165, 1.54) is 0 Å². The van der Waals surface area contributed by atoms with E-state index in [0.717, 1.165) is 84.7 Å². The summed E-state index contributed by atoms with van der Waals surface area (Å²) in [6, 6.07) is 8.03. The van der Waals surface area contributed by atoms with E-state index in [1.54, 1.807) is 0 Å². The lowest BCUT2D eigenvalue weighted by Crippen LogP contribution is -2.18. The van der Waals surface area contributed by atoms with E-state index >= 15 is 0 Å². The van der Waals surface area contributed by atoms with Crippen molar-refractivity contribution in [3.8, 4) is 11.5 Å². The van der Waals surface area contributed by atoms with Crippen molar-refractivity contribution in [3.63, 3.8) is 0 Å². The number of hydrogen-bond acceptors (Lipinski definition) is 6. The second-order valence-corrected chi connectivity index (χ2v) is 16.4. The highest BCUT2D eigenvalue weighted by molar-refractivity contribution is 5.70. The zero-order valence-corrected chi connectivity index (χ0v) is 31.2. The van der Waals surface area contributed by atoms with E-state index in [4.69, 9.17) is 9.47 Å². The molecule has 0 aliphatic rings. The molecule has 0 radical (unpaired) electrons. The molecule has 0 amide bonds. The third kappa shape index (κ3) is 13.9. The van der Waals surface area contributed by atoms with E-state index in [-0.39, 0.29) is 28.2 Å². The number of carbonyl (C=O) groups is 2. The average molecular weight is 653 g/mol. The molecule has 264 valence electrons. The van der Waals surface area contributed by atoms with Gasteiger partial charge in [0.2, 0.25) is 0 Å². The van der Waals surface area contributed by atoms with Gasteiger partial charge in [0.1, 0.15) is 11.5 Å². The van der Waals surface area contributed by atoms with Gasteiger partial charge in [-0.3, -0.25) is 9.59 Å². The Morgan fingerprint density at radius 1 is 0.532 bits per heavy atom. The number of unbranched alkanes of at least 4 members (excludes halogenated alkanes) is 7. The largest absolute Gasteiger partial charge is 0.507 e. The van der Waals surface area contributed by atoms with Crippen LogP contribution < -0.4 is 0 Å². The summed E-state index contributed by atoms with van der Waals surface area (Å²) < 4.78 is 11.0. The highest BCUT2D eigenvalue weighted by atomic mass is 16.5. The van der Waals surface area contributed by atoms with Gasteiger partial charge in [-0.25, -0.2) is 0 Å². The van der Waals surface area contributed by atoms with Crippen LogP contribution in [0.15, 0.2) is 24.3 Å². The van der Waals surface area contributed by atoms with Gasteiger partial charge in [-0.15, -0.1) is 0 Å². The Morgan fingerprint density at radius 2 is 0.851 bits per heavy atom. The first kappa shape index (κ1) is 40.2. The normalized spacial score (nSPS) is 12.3. The second-order valence-electron chi connectivity index (χ2n) is 16.4. The maximum absolute atomic E-state index is 12.4. The molecule has 0 aliphatic carbocycles. The molecule has 0 bridgehead atoms. The van der Waals surface area contributed by atoms with Crippen LogP contribution in [0.1, 0.15) is 160 Å². The summed E-state index contributed by atoms with van der Waals surface area (Å²) >= 11 is 0. The highest BCUT2D eigenvalue weighted by Crippen LogP contribution is 2.40. The maximum atomic E-state index is 12.4. The third-order valence-corrected chi connectivity index (χ3v) is 8.75. The summed E-state index contributed by atoms with van der Waals surface area (Å²) in [4.78, 5) is 24.7. The Labute approximate surface area is 285 Å². The second kappa shape index (κ2) is 17.9. The Bertz CT molecular complexity index is 1270. The van der Waals surface area contributed by atoms with Gasteiger partial charge in [-0.05, 0) is 82.2 Å². The molecule has 0 saturated carbocycles. The summed E-state index contributed by atoms with van der Waals surface area (Å²) in [5, 5.41) is 21.3. The number of esters is 2. The number of carbonyl (C=O) groups excluding carboxylic acids is 2. The lowest BCUT2D eigenvalue weighted by atomic mass is 9.78. The smallest absolute Gasteiger partial charge is 0.306 e. The summed E-state index contributed by atoms with van der Waals surface area (Å²) in [5.41, 5.74) is 5.15. The van der Waals surface area contributed by atoms with Crippen LogP contribution in [0.3, 0.4) is 0 Å². The molecule has 2 aromatic rings. The molecule has 0 fully saturated rings. The first-order valence-corrected chi connectivity index (χ1v) is 17.8. The lowest BCUT2D eigenvalue weighted by molar-refractivity contribution is -0.144. The predicted molar refractivity (Wildman–Crippen MR) is 193 cm³/mol. The Morgan fingerprint density at radius 3 is 1.21 bits per heavy atom. The van der Waals surface area contributed by atoms with Gasteiger partial charge in [0.15, 0.2) is 0 Å². The topological polar surface area (TPSA) is 93.1 Å². The number of aromatic hydroxyl groups is 2. The SMILES string of the molecule is Cc1cc(CCC(=O)OCCCCCCCCCCOC(=O)CCc2cc(C(C)(C)C)c(O)c(C(C)(C)C)c2)cc(C(C)(C)C)c1O. The maximum Gasteiger partial charge on any atom is 0.306 e. The molecule has 47 heavy (non-hydrogen) atoms. The molecular formula is C41H64O6. The number of phenols is 2. The number of aryl methyl sites for hydroxylation is 3. The first-order valence-electron chi connectivity index (χ1n) is 17.8. The number of rotatable bonds is 17. The minimum absolute atomic E-state index is 0.161. The molecule has 0 aromatic heterocycles. The van der Waals surface area contributed by atoms with E-state index < -0.39 is 0 Å². The van der Waals surface area contributed by atoms with Gasteiger partial charge in [-0.2, -0.15) is 0 Å². The summed E-state index contributed by atoms with van der Waals surface area (Å²) in [5.74, 6) is 0.367. The molecule has 0 saturated heterocycles. The molecular weight excluding hydrogens is 588 g/mol. The predicted octanol–water partition coefficient (Wildman–Crippen LogP) is 10.1. The van der Waals surface area contributed by atoms with Gasteiger partial charge in [0.25, 0.3) is 0 Å². The number of benzene rings is 2. The van der Waals surface area contributed by atoms with Crippen molar-refractivity contribution >= 4 is 11.9 Å². The van der Waals surface area contributed by atoms with Crippen molar-refractivity contribution in [1.29, 1.82) is 0 Å². The molecule has 0 heterocycles. The Balaban J connectivity index is 1.54. The summed E-state index contributed by atoms with van der Waals surface area (Å²) in [6.07, 6.45) is 10.3. The van der Waals surface area contributed by atoms with Gasteiger partial charge in [0.05, 0.1) is 13.2 Å². The van der Waals surface area contributed by atoms with Crippen molar-refractivity contribution in [3.05, 3.63) is 57.6 Å². The lowest BCUT2D eigenvalue weighted by Gasteiger charge is -2.28. The molecule has 0 aliphatic heterocycles. The highest BCUT2D eigenvalue weighted by Gasteiger charge is 2.26. The van der Waals surface area contributed by atoms with E-state index in [9.17, 15) is 19.8 Å².